The first-order valence-corrected chi connectivity index (χ1v) is 10.2. The Labute approximate surface area is 179 Å². The molecule has 0 radical (unpaired) electrons. The number of nitrogens with zero attached hydrogens (tertiary/aromatic N) is 1. The summed E-state index contributed by atoms with van der Waals surface area (Å²) in [7, 11) is 1.73. The third kappa shape index (κ3) is 7.28. The quantitative estimate of drug-likeness (QED) is 0.319. The fourth-order valence-electron chi connectivity index (χ4n) is 2.71. The number of para-hydroxylation sites is 1. The first-order valence-electron chi connectivity index (χ1n) is 10.2. The minimum atomic E-state index is -0.0429. The molecule has 0 heterocycles. The molecule has 0 spiro atoms. The molecule has 0 bridgehead atoms. The van der Waals surface area contributed by atoms with Gasteiger partial charge in [-0.2, -0.15) is 0 Å². The first kappa shape index (κ1) is 23.0. The zero-order valence-corrected chi connectivity index (χ0v) is 18.1. The van der Waals surface area contributed by atoms with Crippen LogP contribution in [0.1, 0.15) is 41.8 Å². The van der Waals surface area contributed by atoms with Gasteiger partial charge in [-0.05, 0) is 37.1 Å². The smallest absolute Gasteiger partial charge is 0.251 e. The monoisotopic (exact) mass is 408 g/mol. The van der Waals surface area contributed by atoms with Gasteiger partial charge in [-0.25, -0.2) is 0 Å². The molecule has 0 aliphatic heterocycles. The highest BCUT2D eigenvalue weighted by Crippen LogP contribution is 2.17. The van der Waals surface area contributed by atoms with Gasteiger partial charge in [-0.1, -0.05) is 49.9 Å². The van der Waals surface area contributed by atoms with Gasteiger partial charge >= 0.3 is 0 Å². The zero-order valence-electron chi connectivity index (χ0n) is 18.1. The lowest BCUT2D eigenvalue weighted by atomic mass is 10.1. The highest BCUT2D eigenvalue weighted by molar-refractivity contribution is 5.94. The topological polar surface area (TPSA) is 74.8 Å². The van der Waals surface area contributed by atoms with Crippen LogP contribution < -0.4 is 20.7 Å². The first-order chi connectivity index (χ1) is 14.6. The lowest BCUT2D eigenvalue weighted by molar-refractivity contribution is 0.0939. The maximum Gasteiger partial charge on any atom is 0.251 e. The molecule has 1 unspecified atom stereocenters. The van der Waals surface area contributed by atoms with Crippen molar-refractivity contribution in [3.8, 4) is 5.75 Å². The number of rotatable bonds is 10. The van der Waals surface area contributed by atoms with Gasteiger partial charge in [0.25, 0.3) is 5.91 Å². The summed E-state index contributed by atoms with van der Waals surface area (Å²) in [5.41, 5.74) is 2.77. The highest BCUT2D eigenvalue weighted by atomic mass is 16.5. The zero-order chi connectivity index (χ0) is 21.8. The number of guanidine groups is 1. The molecule has 160 valence electrons. The van der Waals surface area contributed by atoms with Gasteiger partial charge in [0.1, 0.15) is 12.4 Å². The van der Waals surface area contributed by atoms with Crippen LogP contribution in [0, 0.1) is 0 Å². The molecule has 0 saturated heterocycles. The molecule has 0 saturated carbocycles. The SMILES string of the molecule is C=CCOc1ccccc1CNC(=NC)NCc1ccc(C(=O)NC(C)CC)cc1. The molecule has 3 N–H and O–H groups in total. The van der Waals surface area contributed by atoms with Gasteiger partial charge in [0, 0.05) is 37.3 Å². The van der Waals surface area contributed by atoms with Crippen molar-refractivity contribution in [1.82, 2.24) is 16.0 Å². The number of benzene rings is 2. The van der Waals surface area contributed by atoms with Gasteiger partial charge in [0.05, 0.1) is 0 Å². The Balaban J connectivity index is 1.87. The third-order valence-electron chi connectivity index (χ3n) is 4.67. The highest BCUT2D eigenvalue weighted by Gasteiger charge is 2.08. The molecule has 0 aromatic heterocycles. The van der Waals surface area contributed by atoms with Gasteiger partial charge < -0.3 is 20.7 Å². The molecule has 6 heteroatoms. The number of carbonyl (C=O) groups excluding carboxylic acids is 1. The standard InChI is InChI=1S/C24H32N4O2/c1-5-15-30-22-10-8-7-9-21(22)17-27-24(25-4)26-16-19-11-13-20(14-12-19)23(29)28-18(3)6-2/h5,7-14,18H,1,6,15-17H2,2-4H3,(H,28,29)(H2,25,26,27). The van der Waals surface area contributed by atoms with Crippen LogP contribution in [0.25, 0.3) is 0 Å². The van der Waals surface area contributed by atoms with E-state index in [0.29, 0.717) is 31.2 Å². The van der Waals surface area contributed by atoms with Crippen molar-refractivity contribution >= 4 is 11.9 Å². The van der Waals surface area contributed by atoms with E-state index in [1.807, 2.05) is 62.4 Å². The predicted octanol–water partition coefficient (Wildman–Crippen LogP) is 3.64. The number of ether oxygens (including phenoxy) is 1. The molecule has 0 aliphatic carbocycles. The van der Waals surface area contributed by atoms with Crippen LogP contribution >= 0.6 is 0 Å². The van der Waals surface area contributed by atoms with E-state index in [0.717, 1.165) is 23.3 Å². The van der Waals surface area contributed by atoms with Crippen LogP contribution in [0.5, 0.6) is 5.75 Å². The van der Waals surface area contributed by atoms with Crippen molar-refractivity contribution in [2.75, 3.05) is 13.7 Å². The van der Waals surface area contributed by atoms with Crippen LogP contribution in [0.4, 0.5) is 0 Å². The summed E-state index contributed by atoms with van der Waals surface area (Å²) in [6.07, 6.45) is 2.63. The number of hydrogen-bond acceptors (Lipinski definition) is 3. The number of carbonyl (C=O) groups is 1. The van der Waals surface area contributed by atoms with E-state index in [-0.39, 0.29) is 11.9 Å². The van der Waals surface area contributed by atoms with Crippen LogP contribution in [-0.2, 0) is 13.1 Å². The van der Waals surface area contributed by atoms with E-state index in [2.05, 4.69) is 27.5 Å². The fraction of sp³-hybridized carbons (Fsp3) is 0.333. The van der Waals surface area contributed by atoms with E-state index < -0.39 is 0 Å². The Kier molecular flexibility index (Phi) is 9.45. The molecule has 2 aromatic rings. The Hall–Kier alpha value is -3.28. The van der Waals surface area contributed by atoms with Crippen LogP contribution in [0.15, 0.2) is 66.2 Å². The van der Waals surface area contributed by atoms with Crippen molar-refractivity contribution in [3.05, 3.63) is 77.9 Å². The molecule has 1 amide bonds. The molecule has 6 nitrogen and oxygen atoms in total. The van der Waals surface area contributed by atoms with Gasteiger partial charge in [-0.15, -0.1) is 0 Å². The number of aliphatic imine (C=N–C) groups is 1. The van der Waals surface area contributed by atoms with Crippen LogP contribution in [-0.4, -0.2) is 31.6 Å². The lowest BCUT2D eigenvalue weighted by Gasteiger charge is -2.15. The van der Waals surface area contributed by atoms with Crippen LogP contribution in [0.3, 0.4) is 0 Å². The minimum absolute atomic E-state index is 0.0429. The van der Waals surface area contributed by atoms with E-state index in [4.69, 9.17) is 4.74 Å². The molecule has 2 aromatic carbocycles. The van der Waals surface area contributed by atoms with Gasteiger partial charge in [0.15, 0.2) is 5.96 Å². The van der Waals surface area contributed by atoms with Crippen molar-refractivity contribution in [2.24, 2.45) is 4.99 Å². The minimum Gasteiger partial charge on any atom is -0.489 e. The Bertz CT molecular complexity index is 847. The molecule has 0 aliphatic rings. The third-order valence-corrected chi connectivity index (χ3v) is 4.67. The second-order valence-electron chi connectivity index (χ2n) is 6.97. The molecular weight excluding hydrogens is 376 g/mol. The van der Waals surface area contributed by atoms with E-state index in [9.17, 15) is 4.79 Å². The van der Waals surface area contributed by atoms with E-state index in [1.165, 1.54) is 0 Å². The lowest BCUT2D eigenvalue weighted by Crippen LogP contribution is -2.36. The molecule has 30 heavy (non-hydrogen) atoms. The van der Waals surface area contributed by atoms with Gasteiger partial charge in [0.2, 0.25) is 0 Å². The molecular formula is C24H32N4O2. The van der Waals surface area contributed by atoms with Crippen molar-refractivity contribution < 1.29 is 9.53 Å². The maximum absolute atomic E-state index is 12.2. The Morgan fingerprint density at radius 2 is 1.83 bits per heavy atom. The summed E-state index contributed by atoms with van der Waals surface area (Å²) in [5, 5.41) is 9.56. The second kappa shape index (κ2) is 12.3. The average Bonchev–Trinajstić information content (AvgIpc) is 2.78. The largest absolute Gasteiger partial charge is 0.489 e. The summed E-state index contributed by atoms with van der Waals surface area (Å²) in [4.78, 5) is 16.5. The molecule has 0 fully saturated rings. The van der Waals surface area contributed by atoms with E-state index in [1.54, 1.807) is 13.1 Å². The van der Waals surface area contributed by atoms with Gasteiger partial charge in [-0.3, -0.25) is 9.79 Å². The number of hydrogen-bond donors (Lipinski definition) is 3. The summed E-state index contributed by atoms with van der Waals surface area (Å²) in [6, 6.07) is 15.6. The van der Waals surface area contributed by atoms with Crippen molar-refractivity contribution in [1.29, 1.82) is 0 Å². The average molecular weight is 409 g/mol. The predicted molar refractivity (Wildman–Crippen MR) is 123 cm³/mol. The number of nitrogens with one attached hydrogen (secondary N) is 3. The number of amides is 1. The fourth-order valence-corrected chi connectivity index (χ4v) is 2.71. The normalized spacial score (nSPS) is 12.0. The van der Waals surface area contributed by atoms with Crippen molar-refractivity contribution in [3.63, 3.8) is 0 Å². The van der Waals surface area contributed by atoms with E-state index >= 15 is 0 Å². The summed E-state index contributed by atoms with van der Waals surface area (Å²) >= 11 is 0. The summed E-state index contributed by atoms with van der Waals surface area (Å²) in [6.45, 7) is 9.38. The van der Waals surface area contributed by atoms with Crippen LogP contribution in [0.2, 0.25) is 0 Å². The second-order valence-corrected chi connectivity index (χ2v) is 6.97. The molecule has 1 atom stereocenters. The summed E-state index contributed by atoms with van der Waals surface area (Å²) < 4.78 is 5.69. The molecule has 2 rings (SSSR count). The maximum atomic E-state index is 12.2. The van der Waals surface area contributed by atoms with Crippen molar-refractivity contribution in [2.45, 2.75) is 39.4 Å². The Morgan fingerprint density at radius 3 is 2.50 bits per heavy atom. The Morgan fingerprint density at radius 1 is 1.13 bits per heavy atom. The summed E-state index contributed by atoms with van der Waals surface area (Å²) in [5.74, 6) is 1.47.